The van der Waals surface area contributed by atoms with Crippen molar-refractivity contribution in [1.29, 1.82) is 0 Å². The van der Waals surface area contributed by atoms with Crippen LogP contribution in [0, 0.1) is 0 Å². The molecule has 0 aliphatic carbocycles. The van der Waals surface area contributed by atoms with Crippen molar-refractivity contribution < 1.29 is 14.6 Å². The number of halogens is 1. The second-order valence-electron chi connectivity index (χ2n) is 5.05. The standard InChI is InChI=1S/C15H22N2O3.ClH/c18-13(8-12-4-2-1-3-5-12)10-17-15(19)9-14-11-16-6-7-20-14;/h1-5,13-14,16,18H,6-11H2,(H,17,19);1H. The van der Waals surface area contributed by atoms with Crippen molar-refractivity contribution in [3.8, 4) is 0 Å². The molecule has 6 heteroatoms. The van der Waals surface area contributed by atoms with Gasteiger partial charge < -0.3 is 20.5 Å². The van der Waals surface area contributed by atoms with Crippen LogP contribution in [0.2, 0.25) is 0 Å². The summed E-state index contributed by atoms with van der Waals surface area (Å²) < 4.78 is 5.47. The third-order valence-corrected chi connectivity index (χ3v) is 3.27. The topological polar surface area (TPSA) is 70.6 Å². The lowest BCUT2D eigenvalue weighted by atomic mass is 10.1. The summed E-state index contributed by atoms with van der Waals surface area (Å²) in [5.41, 5.74) is 1.06. The molecule has 0 radical (unpaired) electrons. The van der Waals surface area contributed by atoms with Crippen LogP contribution < -0.4 is 10.6 Å². The van der Waals surface area contributed by atoms with Gasteiger partial charge in [-0.25, -0.2) is 0 Å². The van der Waals surface area contributed by atoms with Crippen LogP contribution in [-0.2, 0) is 16.0 Å². The van der Waals surface area contributed by atoms with Gasteiger partial charge in [0.1, 0.15) is 0 Å². The van der Waals surface area contributed by atoms with Crippen LogP contribution in [0.15, 0.2) is 30.3 Å². The Morgan fingerprint density at radius 3 is 2.86 bits per heavy atom. The number of nitrogens with one attached hydrogen (secondary N) is 2. The van der Waals surface area contributed by atoms with Crippen LogP contribution in [0.1, 0.15) is 12.0 Å². The minimum absolute atomic E-state index is 0. The van der Waals surface area contributed by atoms with Gasteiger partial charge in [0.25, 0.3) is 0 Å². The van der Waals surface area contributed by atoms with E-state index in [0.717, 1.165) is 12.1 Å². The Morgan fingerprint density at radius 1 is 1.43 bits per heavy atom. The first kappa shape index (κ1) is 17.9. The Hall–Kier alpha value is -1.14. The molecule has 1 aromatic rings. The maximum Gasteiger partial charge on any atom is 0.222 e. The summed E-state index contributed by atoms with van der Waals surface area (Å²) in [6, 6.07) is 9.75. The normalized spacial score (nSPS) is 19.4. The lowest BCUT2D eigenvalue weighted by Crippen LogP contribution is -2.42. The van der Waals surface area contributed by atoms with E-state index in [1.807, 2.05) is 30.3 Å². The van der Waals surface area contributed by atoms with Crippen molar-refractivity contribution in [1.82, 2.24) is 10.6 Å². The number of hydrogen-bond donors (Lipinski definition) is 3. The van der Waals surface area contributed by atoms with E-state index >= 15 is 0 Å². The van der Waals surface area contributed by atoms with Gasteiger partial charge in [-0.1, -0.05) is 30.3 Å². The molecule has 0 bridgehead atoms. The molecule has 2 atom stereocenters. The molecule has 1 aliphatic rings. The minimum atomic E-state index is -0.563. The lowest BCUT2D eigenvalue weighted by molar-refractivity contribution is -0.124. The predicted octanol–water partition coefficient (Wildman–Crippen LogP) is 0.507. The van der Waals surface area contributed by atoms with Gasteiger partial charge in [-0.05, 0) is 5.56 Å². The number of ether oxygens (including phenoxy) is 1. The number of morpholine rings is 1. The van der Waals surface area contributed by atoms with Crippen molar-refractivity contribution in [3.05, 3.63) is 35.9 Å². The van der Waals surface area contributed by atoms with Gasteiger partial charge in [-0.3, -0.25) is 4.79 Å². The van der Waals surface area contributed by atoms with E-state index < -0.39 is 6.10 Å². The summed E-state index contributed by atoms with van der Waals surface area (Å²) in [5.74, 6) is -0.0780. The SMILES string of the molecule is Cl.O=C(CC1CNCCO1)NCC(O)Cc1ccccc1. The van der Waals surface area contributed by atoms with E-state index in [1.165, 1.54) is 0 Å². The van der Waals surface area contributed by atoms with Crippen molar-refractivity contribution in [2.45, 2.75) is 25.0 Å². The van der Waals surface area contributed by atoms with Crippen LogP contribution >= 0.6 is 12.4 Å². The van der Waals surface area contributed by atoms with E-state index in [-0.39, 0.29) is 31.0 Å². The maximum absolute atomic E-state index is 11.7. The Bertz CT molecular complexity index is 411. The molecule has 0 saturated carbocycles. The average Bonchev–Trinajstić information content (AvgIpc) is 2.47. The first-order valence-electron chi connectivity index (χ1n) is 7.05. The molecule has 1 heterocycles. The summed E-state index contributed by atoms with van der Waals surface area (Å²) in [6.07, 6.45) is 0.259. The highest BCUT2D eigenvalue weighted by atomic mass is 35.5. The zero-order valence-corrected chi connectivity index (χ0v) is 12.8. The van der Waals surface area contributed by atoms with Crippen molar-refractivity contribution in [3.63, 3.8) is 0 Å². The van der Waals surface area contributed by atoms with Gasteiger partial charge in [0.05, 0.1) is 25.2 Å². The van der Waals surface area contributed by atoms with Gasteiger partial charge in [-0.15, -0.1) is 12.4 Å². The number of carbonyl (C=O) groups is 1. The lowest BCUT2D eigenvalue weighted by Gasteiger charge is -2.23. The number of hydrogen-bond acceptors (Lipinski definition) is 4. The zero-order chi connectivity index (χ0) is 14.2. The van der Waals surface area contributed by atoms with E-state index in [0.29, 0.717) is 26.0 Å². The van der Waals surface area contributed by atoms with Gasteiger partial charge in [-0.2, -0.15) is 0 Å². The molecule has 118 valence electrons. The van der Waals surface area contributed by atoms with Crippen LogP contribution in [0.3, 0.4) is 0 Å². The van der Waals surface area contributed by atoms with Crippen LogP contribution in [0.25, 0.3) is 0 Å². The van der Waals surface area contributed by atoms with Crippen LogP contribution in [0.4, 0.5) is 0 Å². The van der Waals surface area contributed by atoms with E-state index in [9.17, 15) is 9.90 Å². The quantitative estimate of drug-likeness (QED) is 0.715. The molecule has 2 rings (SSSR count). The largest absolute Gasteiger partial charge is 0.391 e. The highest BCUT2D eigenvalue weighted by molar-refractivity contribution is 5.85. The molecule has 5 nitrogen and oxygen atoms in total. The fourth-order valence-electron chi connectivity index (χ4n) is 2.22. The molecule has 1 fully saturated rings. The summed E-state index contributed by atoms with van der Waals surface area (Å²) >= 11 is 0. The average molecular weight is 315 g/mol. The number of benzene rings is 1. The highest BCUT2D eigenvalue weighted by Gasteiger charge is 2.17. The first-order valence-corrected chi connectivity index (χ1v) is 7.05. The molecular formula is C15H23ClN2O3. The molecular weight excluding hydrogens is 292 g/mol. The van der Waals surface area contributed by atoms with E-state index in [1.54, 1.807) is 0 Å². The summed E-state index contributed by atoms with van der Waals surface area (Å²) in [5, 5.41) is 15.8. The highest BCUT2D eigenvalue weighted by Crippen LogP contribution is 2.03. The minimum Gasteiger partial charge on any atom is -0.391 e. The molecule has 1 saturated heterocycles. The first-order chi connectivity index (χ1) is 9.74. The Morgan fingerprint density at radius 2 is 2.19 bits per heavy atom. The second kappa shape index (κ2) is 9.73. The monoisotopic (exact) mass is 314 g/mol. The number of amides is 1. The smallest absolute Gasteiger partial charge is 0.222 e. The van der Waals surface area contributed by atoms with Crippen molar-refractivity contribution in [2.24, 2.45) is 0 Å². The summed E-state index contributed by atoms with van der Waals surface area (Å²) in [4.78, 5) is 11.7. The van der Waals surface area contributed by atoms with Crippen LogP contribution in [-0.4, -0.2) is 49.5 Å². The number of aliphatic hydroxyl groups excluding tert-OH is 1. The molecule has 0 aromatic heterocycles. The maximum atomic E-state index is 11.7. The summed E-state index contributed by atoms with van der Waals surface area (Å²) in [7, 11) is 0. The number of aliphatic hydroxyl groups is 1. The second-order valence-corrected chi connectivity index (χ2v) is 5.05. The fourth-order valence-corrected chi connectivity index (χ4v) is 2.22. The van der Waals surface area contributed by atoms with Crippen molar-refractivity contribution in [2.75, 3.05) is 26.2 Å². The van der Waals surface area contributed by atoms with Crippen LogP contribution in [0.5, 0.6) is 0 Å². The van der Waals surface area contributed by atoms with E-state index in [4.69, 9.17) is 4.74 Å². The Balaban J connectivity index is 0.00000220. The van der Waals surface area contributed by atoms with Gasteiger partial charge in [0, 0.05) is 26.1 Å². The third-order valence-electron chi connectivity index (χ3n) is 3.27. The molecule has 1 amide bonds. The zero-order valence-electron chi connectivity index (χ0n) is 12.0. The Labute approximate surface area is 131 Å². The third kappa shape index (κ3) is 6.91. The summed E-state index contributed by atoms with van der Waals surface area (Å²) in [6.45, 7) is 2.47. The predicted molar refractivity (Wildman–Crippen MR) is 83.6 cm³/mol. The molecule has 2 unspecified atom stereocenters. The van der Waals surface area contributed by atoms with Gasteiger partial charge in [0.15, 0.2) is 0 Å². The molecule has 3 N–H and O–H groups in total. The molecule has 1 aliphatic heterocycles. The van der Waals surface area contributed by atoms with Gasteiger partial charge >= 0.3 is 0 Å². The number of carbonyl (C=O) groups excluding carboxylic acids is 1. The Kier molecular flexibility index (Phi) is 8.30. The molecule has 1 aromatic carbocycles. The molecule has 21 heavy (non-hydrogen) atoms. The van der Waals surface area contributed by atoms with Crippen molar-refractivity contribution >= 4 is 18.3 Å². The van der Waals surface area contributed by atoms with Gasteiger partial charge in [0.2, 0.25) is 5.91 Å². The van der Waals surface area contributed by atoms with E-state index in [2.05, 4.69) is 10.6 Å². The molecule has 0 spiro atoms. The fraction of sp³-hybridized carbons (Fsp3) is 0.533. The number of rotatable bonds is 6.